The standard InChI is InChI=1S/C18H21F3N6/c19-18(20,21)16(24)10(5-23)15-13-8-2-1-7(3-8)12(13)14-9(4-22)17(25)26-6-11(14)27-15/h4-8,12-13,15,22,24,27H,1-3,23H2,(H2,25,26)/b10-5-,22-4?,24-16?/t7-,8-,12+,13-,15?/m1/s1. The Bertz CT molecular complexity index is 846. The number of pyridine rings is 1. The van der Waals surface area contributed by atoms with Crippen molar-refractivity contribution in [1.29, 1.82) is 10.8 Å². The molecule has 1 aliphatic heterocycles. The van der Waals surface area contributed by atoms with Crippen LogP contribution in [-0.2, 0) is 0 Å². The molecule has 6 nitrogen and oxygen atoms in total. The van der Waals surface area contributed by atoms with Gasteiger partial charge in [0.15, 0.2) is 0 Å². The van der Waals surface area contributed by atoms with Crippen molar-refractivity contribution in [3.05, 3.63) is 29.1 Å². The minimum atomic E-state index is -4.76. The number of halogens is 3. The highest BCUT2D eigenvalue weighted by molar-refractivity contribution is 6.03. The van der Waals surface area contributed by atoms with Gasteiger partial charge in [-0.25, -0.2) is 4.98 Å². The predicted octanol–water partition coefficient (Wildman–Crippen LogP) is 3.01. The molecule has 3 aliphatic rings. The zero-order valence-corrected chi connectivity index (χ0v) is 14.5. The number of anilines is 2. The average Bonchev–Trinajstić information content (AvgIpc) is 3.23. The van der Waals surface area contributed by atoms with Crippen molar-refractivity contribution in [1.82, 2.24) is 4.98 Å². The average molecular weight is 378 g/mol. The summed E-state index contributed by atoms with van der Waals surface area (Å²) in [6.45, 7) is 0. The maximum absolute atomic E-state index is 13.2. The molecule has 2 heterocycles. The molecule has 1 aromatic rings. The van der Waals surface area contributed by atoms with Crippen LogP contribution >= 0.6 is 0 Å². The molecule has 0 aromatic carbocycles. The third-order valence-corrected chi connectivity index (χ3v) is 6.43. The van der Waals surface area contributed by atoms with E-state index >= 15 is 0 Å². The zero-order chi connectivity index (χ0) is 19.5. The monoisotopic (exact) mass is 378 g/mol. The first kappa shape index (κ1) is 17.8. The van der Waals surface area contributed by atoms with E-state index in [2.05, 4.69) is 10.3 Å². The number of nitrogens with one attached hydrogen (secondary N) is 3. The zero-order valence-electron chi connectivity index (χ0n) is 14.5. The molecule has 27 heavy (non-hydrogen) atoms. The van der Waals surface area contributed by atoms with Gasteiger partial charge in [-0.05, 0) is 48.5 Å². The largest absolute Gasteiger partial charge is 0.433 e. The molecular formula is C18H21F3N6. The molecule has 0 radical (unpaired) electrons. The Balaban J connectivity index is 1.85. The molecule has 144 valence electrons. The molecule has 2 saturated carbocycles. The number of rotatable bonds is 3. The normalized spacial score (nSPS) is 31.8. The van der Waals surface area contributed by atoms with E-state index in [0.717, 1.165) is 31.0 Å². The number of alkyl halides is 3. The number of fused-ring (bicyclic) bond motifs is 7. The van der Waals surface area contributed by atoms with Crippen molar-refractivity contribution in [3.63, 3.8) is 0 Å². The molecule has 7 N–H and O–H groups in total. The van der Waals surface area contributed by atoms with Crippen molar-refractivity contribution >= 4 is 23.4 Å². The molecule has 0 amide bonds. The maximum Gasteiger partial charge on any atom is 0.433 e. The summed E-state index contributed by atoms with van der Waals surface area (Å²) in [7, 11) is 0. The molecule has 2 aliphatic carbocycles. The predicted molar refractivity (Wildman–Crippen MR) is 97.1 cm³/mol. The van der Waals surface area contributed by atoms with Crippen LogP contribution in [0.25, 0.3) is 0 Å². The van der Waals surface area contributed by atoms with Gasteiger partial charge in [-0.2, -0.15) is 13.2 Å². The lowest BCUT2D eigenvalue weighted by molar-refractivity contribution is -0.0593. The summed E-state index contributed by atoms with van der Waals surface area (Å²) in [5.41, 5.74) is 11.9. The van der Waals surface area contributed by atoms with E-state index in [1.807, 2.05) is 0 Å². The summed E-state index contributed by atoms with van der Waals surface area (Å²) in [5.74, 6) is 0.720. The molecule has 9 heteroatoms. The lowest BCUT2D eigenvalue weighted by atomic mass is 9.67. The first-order valence-corrected chi connectivity index (χ1v) is 8.91. The number of nitrogen functional groups attached to an aromatic ring is 1. The highest BCUT2D eigenvalue weighted by Crippen LogP contribution is 2.62. The molecule has 1 unspecified atom stereocenters. The smallest absolute Gasteiger partial charge is 0.404 e. The Kier molecular flexibility index (Phi) is 3.94. The topological polar surface area (TPSA) is 125 Å². The summed E-state index contributed by atoms with van der Waals surface area (Å²) < 4.78 is 39.7. The quantitative estimate of drug-likeness (QED) is 0.519. The number of hydrogen-bond donors (Lipinski definition) is 5. The fourth-order valence-electron chi connectivity index (χ4n) is 5.48. The summed E-state index contributed by atoms with van der Waals surface area (Å²) >= 11 is 0. The summed E-state index contributed by atoms with van der Waals surface area (Å²) in [5, 5.41) is 18.5. The van der Waals surface area contributed by atoms with Gasteiger partial charge >= 0.3 is 6.18 Å². The SMILES string of the molecule is N=Cc1c(N)ncc2c1[C@H]1[C@@H]3CC[C@H](C3)[C@H]1C(/C(=C/N)C(=N)C(F)(F)F)N2. The van der Waals surface area contributed by atoms with Gasteiger partial charge in [0.05, 0.1) is 17.9 Å². The van der Waals surface area contributed by atoms with Gasteiger partial charge < -0.3 is 22.2 Å². The molecule has 1 aromatic heterocycles. The molecular weight excluding hydrogens is 357 g/mol. The molecule has 2 fully saturated rings. The van der Waals surface area contributed by atoms with E-state index in [4.69, 9.17) is 22.3 Å². The molecule has 5 atom stereocenters. The van der Waals surface area contributed by atoms with Crippen molar-refractivity contribution in [2.45, 2.75) is 37.4 Å². The highest BCUT2D eigenvalue weighted by Gasteiger charge is 2.56. The Morgan fingerprint density at radius 3 is 2.63 bits per heavy atom. The Morgan fingerprint density at radius 1 is 1.30 bits per heavy atom. The minimum absolute atomic E-state index is 0.0112. The molecule has 4 rings (SSSR count). The third kappa shape index (κ3) is 2.51. The number of aromatic nitrogens is 1. The minimum Gasteiger partial charge on any atom is -0.404 e. The Morgan fingerprint density at radius 2 is 2.00 bits per heavy atom. The second-order valence-corrected chi connectivity index (χ2v) is 7.58. The lowest BCUT2D eigenvalue weighted by Crippen LogP contribution is -2.46. The van der Waals surface area contributed by atoms with E-state index in [1.54, 1.807) is 0 Å². The molecule has 2 bridgehead atoms. The summed E-state index contributed by atoms with van der Waals surface area (Å²) in [6, 6.07) is -0.707. The van der Waals surface area contributed by atoms with Crippen molar-refractivity contribution in [3.8, 4) is 0 Å². The van der Waals surface area contributed by atoms with Crippen molar-refractivity contribution < 1.29 is 13.2 Å². The van der Waals surface area contributed by atoms with Crippen molar-refractivity contribution in [2.75, 3.05) is 11.1 Å². The van der Waals surface area contributed by atoms with Crippen LogP contribution in [0.5, 0.6) is 0 Å². The Hall–Kier alpha value is -2.58. The van der Waals surface area contributed by atoms with E-state index in [-0.39, 0.29) is 29.1 Å². The van der Waals surface area contributed by atoms with Gasteiger partial charge in [0, 0.05) is 23.6 Å². The van der Waals surface area contributed by atoms with Crippen LogP contribution in [-0.4, -0.2) is 29.1 Å². The van der Waals surface area contributed by atoms with Gasteiger partial charge in [-0.1, -0.05) is 0 Å². The van der Waals surface area contributed by atoms with Gasteiger partial charge in [-0.15, -0.1) is 0 Å². The van der Waals surface area contributed by atoms with Crippen molar-refractivity contribution in [2.24, 2.45) is 23.5 Å². The van der Waals surface area contributed by atoms with E-state index < -0.39 is 17.9 Å². The van der Waals surface area contributed by atoms with Crippen LogP contribution in [0.2, 0.25) is 0 Å². The fraction of sp³-hybridized carbons (Fsp3) is 0.500. The first-order valence-electron chi connectivity index (χ1n) is 8.91. The highest BCUT2D eigenvalue weighted by atomic mass is 19.4. The van der Waals surface area contributed by atoms with E-state index in [1.165, 1.54) is 12.4 Å². The number of nitrogens with zero attached hydrogens (tertiary/aromatic N) is 1. The summed E-state index contributed by atoms with van der Waals surface area (Å²) in [4.78, 5) is 4.09. The van der Waals surface area contributed by atoms with E-state index in [0.29, 0.717) is 17.2 Å². The van der Waals surface area contributed by atoms with E-state index in [9.17, 15) is 13.2 Å². The van der Waals surface area contributed by atoms with Crippen LogP contribution in [0.4, 0.5) is 24.7 Å². The van der Waals surface area contributed by atoms with Gasteiger partial charge in [0.25, 0.3) is 0 Å². The number of hydrogen-bond acceptors (Lipinski definition) is 6. The number of nitrogens with two attached hydrogens (primary N) is 2. The fourth-order valence-corrected chi connectivity index (χ4v) is 5.48. The second kappa shape index (κ2) is 5.97. The first-order chi connectivity index (χ1) is 12.8. The molecule has 0 saturated heterocycles. The van der Waals surface area contributed by atoms with Gasteiger partial charge in [0.1, 0.15) is 11.5 Å². The third-order valence-electron chi connectivity index (χ3n) is 6.43. The van der Waals surface area contributed by atoms with Crippen LogP contribution in [0.1, 0.15) is 36.3 Å². The van der Waals surface area contributed by atoms with Crippen LogP contribution < -0.4 is 16.8 Å². The van der Waals surface area contributed by atoms with Crippen LogP contribution in [0, 0.1) is 28.6 Å². The van der Waals surface area contributed by atoms with Crippen LogP contribution in [0.15, 0.2) is 18.0 Å². The maximum atomic E-state index is 13.2. The Labute approximate surface area is 154 Å². The van der Waals surface area contributed by atoms with Crippen LogP contribution in [0.3, 0.4) is 0 Å². The molecule has 0 spiro atoms. The van der Waals surface area contributed by atoms with Gasteiger partial charge in [0.2, 0.25) is 0 Å². The van der Waals surface area contributed by atoms with Gasteiger partial charge in [-0.3, -0.25) is 5.41 Å². The second-order valence-electron chi connectivity index (χ2n) is 7.58. The lowest BCUT2D eigenvalue weighted by Gasteiger charge is -2.44. The summed E-state index contributed by atoms with van der Waals surface area (Å²) in [6.07, 6.45) is 1.72.